The summed E-state index contributed by atoms with van der Waals surface area (Å²) in [5.41, 5.74) is -0.221. The van der Waals surface area contributed by atoms with Crippen LogP contribution in [-0.4, -0.2) is 29.9 Å². The largest absolute Gasteiger partial charge is 0.450 e. The molecular weight excluding hydrogens is 420 g/mol. The Morgan fingerprint density at radius 2 is 2.04 bits per heavy atom. The number of aromatic nitrogens is 2. The third kappa shape index (κ3) is 5.07. The van der Waals surface area contributed by atoms with E-state index >= 15 is 0 Å². The third-order valence-electron chi connectivity index (χ3n) is 3.17. The molecule has 1 N–H and O–H groups in total. The molecule has 0 unspecified atom stereocenters. The number of nitriles is 1. The number of nitrogens with one attached hydrogen (secondary N) is 1. The maximum absolute atomic E-state index is 12.2. The molecule has 0 saturated heterocycles. The van der Waals surface area contributed by atoms with Crippen molar-refractivity contribution in [2.75, 3.05) is 11.6 Å². The van der Waals surface area contributed by atoms with Crippen LogP contribution in [-0.2, 0) is 14.6 Å². The number of anilines is 1. The minimum atomic E-state index is -3.58. The molecule has 1 amide bonds. The molecule has 0 spiro atoms. The highest BCUT2D eigenvalue weighted by molar-refractivity contribution is 7.99. The second kappa shape index (κ2) is 8.39. The molecule has 142 valence electrons. The van der Waals surface area contributed by atoms with Gasteiger partial charge in [0.2, 0.25) is 15.0 Å². The quantitative estimate of drug-likeness (QED) is 0.465. The molecule has 0 aliphatic heterocycles. The van der Waals surface area contributed by atoms with E-state index < -0.39 is 15.7 Å². The predicted molar refractivity (Wildman–Crippen MR) is 105 cm³/mol. The van der Waals surface area contributed by atoms with Gasteiger partial charge < -0.3 is 4.42 Å². The zero-order valence-electron chi connectivity index (χ0n) is 14.3. The van der Waals surface area contributed by atoms with Gasteiger partial charge in [-0.05, 0) is 24.3 Å². The number of carbonyl (C=O) groups excluding carboxylic acids is 1. The Kier molecular flexibility index (Phi) is 5.93. The first kappa shape index (κ1) is 19.8. The molecule has 11 heteroatoms. The van der Waals surface area contributed by atoms with Gasteiger partial charge in [-0.2, -0.15) is 14.6 Å². The summed E-state index contributed by atoms with van der Waals surface area (Å²) < 4.78 is 32.1. The van der Waals surface area contributed by atoms with Gasteiger partial charge in [0.1, 0.15) is 17.4 Å². The van der Waals surface area contributed by atoms with Crippen molar-refractivity contribution in [3.63, 3.8) is 0 Å². The van der Waals surface area contributed by atoms with Crippen molar-refractivity contribution in [2.45, 2.75) is 15.1 Å². The normalized spacial score (nSPS) is 11.8. The van der Waals surface area contributed by atoms with Crippen LogP contribution in [0.1, 0.15) is 5.76 Å². The maximum atomic E-state index is 12.2. The van der Waals surface area contributed by atoms with Gasteiger partial charge in [0.05, 0.1) is 0 Å². The topological polar surface area (TPSA) is 126 Å². The molecular formula is C17H12N4O4S3. The Morgan fingerprint density at radius 3 is 2.68 bits per heavy atom. The first-order valence-electron chi connectivity index (χ1n) is 7.65. The van der Waals surface area contributed by atoms with Crippen LogP contribution in [0.4, 0.5) is 5.13 Å². The van der Waals surface area contributed by atoms with E-state index in [4.69, 9.17) is 4.42 Å². The fraction of sp³-hybridized carbons (Fsp3) is 0.0588. The van der Waals surface area contributed by atoms with Crippen molar-refractivity contribution >= 4 is 50.2 Å². The highest BCUT2D eigenvalue weighted by atomic mass is 32.2. The van der Waals surface area contributed by atoms with E-state index in [0.717, 1.165) is 11.2 Å². The Balaban J connectivity index is 1.72. The van der Waals surface area contributed by atoms with Gasteiger partial charge in [-0.15, -0.1) is 0 Å². The van der Waals surface area contributed by atoms with E-state index in [-0.39, 0.29) is 15.9 Å². The summed E-state index contributed by atoms with van der Waals surface area (Å²) in [6.07, 6.45) is 2.26. The van der Waals surface area contributed by atoms with E-state index in [1.54, 1.807) is 18.2 Å². The summed E-state index contributed by atoms with van der Waals surface area (Å²) in [7, 11) is -3.58. The lowest BCUT2D eigenvalue weighted by Crippen LogP contribution is -2.13. The average Bonchev–Trinajstić information content (AvgIpc) is 3.30. The SMILES string of the molecule is CS(=O)(=O)c1nsc(NC(=O)/C(C#N)=C\c2ccc(Sc3ccccc3)o2)n1. The lowest BCUT2D eigenvalue weighted by molar-refractivity contribution is -0.112. The molecule has 0 bridgehead atoms. The number of sulfone groups is 1. The van der Waals surface area contributed by atoms with Gasteiger partial charge in [0, 0.05) is 28.8 Å². The van der Waals surface area contributed by atoms with Crippen molar-refractivity contribution in [1.29, 1.82) is 5.26 Å². The summed E-state index contributed by atoms with van der Waals surface area (Å²) in [4.78, 5) is 17.0. The van der Waals surface area contributed by atoms with Crippen LogP contribution in [0.15, 0.2) is 67.6 Å². The van der Waals surface area contributed by atoms with Gasteiger partial charge in [0.25, 0.3) is 11.1 Å². The molecule has 2 aromatic heterocycles. The molecule has 0 atom stereocenters. The molecule has 0 aliphatic carbocycles. The van der Waals surface area contributed by atoms with Crippen molar-refractivity contribution < 1.29 is 17.6 Å². The molecule has 28 heavy (non-hydrogen) atoms. The Bertz CT molecular complexity index is 1170. The number of hydrogen-bond donors (Lipinski definition) is 1. The first-order chi connectivity index (χ1) is 13.3. The summed E-state index contributed by atoms with van der Waals surface area (Å²) in [6.45, 7) is 0. The number of benzene rings is 1. The minimum absolute atomic E-state index is 0.0219. The van der Waals surface area contributed by atoms with Crippen molar-refractivity contribution in [3.8, 4) is 6.07 Å². The van der Waals surface area contributed by atoms with Crippen LogP contribution >= 0.6 is 23.3 Å². The second-order valence-electron chi connectivity index (χ2n) is 5.35. The zero-order valence-corrected chi connectivity index (χ0v) is 16.8. The van der Waals surface area contributed by atoms with Crippen molar-refractivity contribution in [1.82, 2.24) is 9.36 Å². The third-order valence-corrected chi connectivity index (χ3v) is 5.70. The van der Waals surface area contributed by atoms with Crippen molar-refractivity contribution in [3.05, 3.63) is 53.8 Å². The molecule has 0 radical (unpaired) electrons. The van der Waals surface area contributed by atoms with Crippen LogP contribution in [0.2, 0.25) is 0 Å². The van der Waals surface area contributed by atoms with Gasteiger partial charge in [-0.25, -0.2) is 8.42 Å². The van der Waals surface area contributed by atoms with Gasteiger partial charge in [-0.3, -0.25) is 10.1 Å². The highest BCUT2D eigenvalue weighted by Gasteiger charge is 2.17. The van der Waals surface area contributed by atoms with E-state index in [2.05, 4.69) is 14.7 Å². The zero-order chi connectivity index (χ0) is 20.1. The average molecular weight is 433 g/mol. The van der Waals surface area contributed by atoms with Crippen LogP contribution in [0.3, 0.4) is 0 Å². The predicted octanol–water partition coefficient (Wildman–Crippen LogP) is 3.23. The number of carbonyl (C=O) groups is 1. The van der Waals surface area contributed by atoms with Gasteiger partial charge in [-0.1, -0.05) is 30.0 Å². The highest BCUT2D eigenvalue weighted by Crippen LogP contribution is 2.29. The summed E-state index contributed by atoms with van der Waals surface area (Å²) in [5, 5.41) is 11.8. The summed E-state index contributed by atoms with van der Waals surface area (Å²) >= 11 is 2.11. The second-order valence-corrected chi connectivity index (χ2v) is 9.09. The molecule has 0 fully saturated rings. The first-order valence-corrected chi connectivity index (χ1v) is 11.1. The number of hydrogen-bond acceptors (Lipinski definition) is 9. The molecule has 0 aliphatic rings. The van der Waals surface area contributed by atoms with Crippen LogP contribution in [0.5, 0.6) is 0 Å². The van der Waals surface area contributed by atoms with E-state index in [1.165, 1.54) is 17.8 Å². The maximum Gasteiger partial charge on any atom is 0.268 e. The Labute approximate surface area is 169 Å². The van der Waals surface area contributed by atoms with Crippen molar-refractivity contribution in [2.24, 2.45) is 0 Å². The number of rotatable bonds is 6. The number of amides is 1. The smallest absolute Gasteiger partial charge is 0.268 e. The molecule has 1 aromatic carbocycles. The molecule has 2 heterocycles. The Morgan fingerprint density at radius 1 is 1.29 bits per heavy atom. The fourth-order valence-corrected chi connectivity index (χ4v) is 4.18. The van der Waals surface area contributed by atoms with Crippen LogP contribution < -0.4 is 5.32 Å². The van der Waals surface area contributed by atoms with E-state index in [9.17, 15) is 18.5 Å². The van der Waals surface area contributed by atoms with E-state index in [1.807, 2.05) is 30.3 Å². The lowest BCUT2D eigenvalue weighted by Gasteiger charge is -1.99. The molecule has 8 nitrogen and oxygen atoms in total. The summed E-state index contributed by atoms with van der Waals surface area (Å²) in [6, 6.07) is 14.8. The molecule has 0 saturated carbocycles. The van der Waals surface area contributed by atoms with Crippen LogP contribution in [0.25, 0.3) is 6.08 Å². The number of nitrogens with zero attached hydrogens (tertiary/aromatic N) is 3. The lowest BCUT2D eigenvalue weighted by atomic mass is 10.2. The fourth-order valence-electron chi connectivity index (χ4n) is 1.94. The van der Waals surface area contributed by atoms with Gasteiger partial charge >= 0.3 is 0 Å². The van der Waals surface area contributed by atoms with Gasteiger partial charge in [0.15, 0.2) is 5.09 Å². The minimum Gasteiger partial charge on any atom is -0.450 e. The standard InChI is InChI=1S/C17H12N4O4S3/c1-28(23,24)17-20-16(27-21-17)19-15(22)11(10-18)9-12-7-8-14(25-12)26-13-5-3-2-4-6-13/h2-9H,1H3,(H,19,20,21,22)/b11-9-. The molecule has 3 aromatic rings. The Hall–Kier alpha value is -2.94. The van der Waals surface area contributed by atoms with E-state index in [0.29, 0.717) is 22.4 Å². The summed E-state index contributed by atoms with van der Waals surface area (Å²) in [5.74, 6) is -0.411. The van der Waals surface area contributed by atoms with Crippen LogP contribution in [0, 0.1) is 11.3 Å². The monoisotopic (exact) mass is 432 g/mol. The molecule has 3 rings (SSSR count). The number of furan rings is 1.